The van der Waals surface area contributed by atoms with Crippen molar-refractivity contribution in [3.8, 4) is 5.75 Å². The molecule has 0 aliphatic carbocycles. The van der Waals surface area contributed by atoms with Crippen LogP contribution < -0.4 is 5.32 Å². The molecule has 2 N–H and O–H groups in total. The Labute approximate surface area is 115 Å². The highest BCUT2D eigenvalue weighted by molar-refractivity contribution is 5.92. The van der Waals surface area contributed by atoms with Crippen LogP contribution in [0.25, 0.3) is 10.8 Å². The molecule has 0 radical (unpaired) electrons. The maximum atomic E-state index is 9.57. The Morgan fingerprint density at radius 1 is 1.30 bits per heavy atom. The zero-order valence-electron chi connectivity index (χ0n) is 11.0. The van der Waals surface area contributed by atoms with Crippen molar-refractivity contribution in [3.63, 3.8) is 0 Å². The van der Waals surface area contributed by atoms with E-state index in [9.17, 15) is 5.11 Å². The van der Waals surface area contributed by atoms with Gasteiger partial charge in [-0.3, -0.25) is 0 Å². The SMILES string of the molecule is Cc1noc(CCNc2nccc3ccc(O)cc23)n1. The molecule has 0 spiro atoms. The Morgan fingerprint density at radius 2 is 2.20 bits per heavy atom. The number of benzene rings is 1. The van der Waals surface area contributed by atoms with E-state index in [0.29, 0.717) is 24.7 Å². The van der Waals surface area contributed by atoms with Gasteiger partial charge in [-0.1, -0.05) is 11.2 Å². The summed E-state index contributed by atoms with van der Waals surface area (Å²) >= 11 is 0. The average Bonchev–Trinajstić information content (AvgIpc) is 2.85. The van der Waals surface area contributed by atoms with Gasteiger partial charge in [-0.15, -0.1) is 0 Å². The molecule has 3 aromatic rings. The van der Waals surface area contributed by atoms with Crippen molar-refractivity contribution in [3.05, 3.63) is 42.2 Å². The molecule has 3 rings (SSSR count). The van der Waals surface area contributed by atoms with E-state index in [1.165, 1.54) is 0 Å². The molecule has 6 heteroatoms. The van der Waals surface area contributed by atoms with Crippen LogP contribution in [0.5, 0.6) is 5.75 Å². The molecular formula is C14H14N4O2. The van der Waals surface area contributed by atoms with Crippen LogP contribution in [-0.4, -0.2) is 26.8 Å². The van der Waals surface area contributed by atoms with E-state index in [-0.39, 0.29) is 5.75 Å². The average molecular weight is 270 g/mol. The number of rotatable bonds is 4. The molecule has 0 fully saturated rings. The zero-order chi connectivity index (χ0) is 13.9. The molecule has 0 saturated heterocycles. The Hall–Kier alpha value is -2.63. The van der Waals surface area contributed by atoms with Gasteiger partial charge in [0.1, 0.15) is 11.6 Å². The number of phenolic OH excluding ortho intramolecular Hbond substituents is 1. The molecule has 0 aliphatic rings. The first kappa shape index (κ1) is 12.4. The number of nitrogens with one attached hydrogen (secondary N) is 1. The lowest BCUT2D eigenvalue weighted by Crippen LogP contribution is -2.06. The van der Waals surface area contributed by atoms with Crippen molar-refractivity contribution >= 4 is 16.6 Å². The van der Waals surface area contributed by atoms with Gasteiger partial charge in [-0.2, -0.15) is 4.98 Å². The van der Waals surface area contributed by atoms with E-state index in [1.54, 1.807) is 25.3 Å². The minimum Gasteiger partial charge on any atom is -0.508 e. The maximum absolute atomic E-state index is 9.57. The Bertz CT molecular complexity index is 739. The summed E-state index contributed by atoms with van der Waals surface area (Å²) in [4.78, 5) is 8.44. The van der Waals surface area contributed by atoms with Crippen molar-refractivity contribution in [2.75, 3.05) is 11.9 Å². The van der Waals surface area contributed by atoms with Gasteiger partial charge < -0.3 is 14.9 Å². The molecular weight excluding hydrogens is 256 g/mol. The lowest BCUT2D eigenvalue weighted by Gasteiger charge is -2.07. The smallest absolute Gasteiger partial charge is 0.228 e. The zero-order valence-corrected chi connectivity index (χ0v) is 11.0. The number of aromatic hydroxyl groups is 1. The third-order valence-electron chi connectivity index (χ3n) is 2.95. The van der Waals surface area contributed by atoms with Crippen molar-refractivity contribution < 1.29 is 9.63 Å². The lowest BCUT2D eigenvalue weighted by atomic mass is 10.1. The van der Waals surface area contributed by atoms with Crippen LogP contribution in [0.1, 0.15) is 11.7 Å². The molecule has 0 bridgehead atoms. The molecule has 102 valence electrons. The summed E-state index contributed by atoms with van der Waals surface area (Å²) in [6, 6.07) is 7.12. The Morgan fingerprint density at radius 3 is 3.00 bits per heavy atom. The van der Waals surface area contributed by atoms with E-state index in [2.05, 4.69) is 20.4 Å². The van der Waals surface area contributed by atoms with Crippen LogP contribution in [0, 0.1) is 6.92 Å². The second kappa shape index (κ2) is 5.16. The number of pyridine rings is 1. The normalized spacial score (nSPS) is 10.8. The van der Waals surface area contributed by atoms with Crippen molar-refractivity contribution in [1.29, 1.82) is 0 Å². The molecule has 6 nitrogen and oxygen atoms in total. The third kappa shape index (κ3) is 2.54. The first-order chi connectivity index (χ1) is 9.72. The molecule has 0 amide bonds. The van der Waals surface area contributed by atoms with Crippen LogP contribution in [0.3, 0.4) is 0 Å². The Balaban J connectivity index is 1.75. The first-order valence-corrected chi connectivity index (χ1v) is 6.33. The molecule has 0 aliphatic heterocycles. The van der Waals surface area contributed by atoms with Crippen molar-refractivity contribution in [1.82, 2.24) is 15.1 Å². The van der Waals surface area contributed by atoms with E-state index >= 15 is 0 Å². The molecule has 1 aromatic carbocycles. The number of hydrogen-bond donors (Lipinski definition) is 2. The van der Waals surface area contributed by atoms with Crippen molar-refractivity contribution in [2.45, 2.75) is 13.3 Å². The number of nitrogens with zero attached hydrogens (tertiary/aromatic N) is 3. The highest BCUT2D eigenvalue weighted by Crippen LogP contribution is 2.24. The number of aromatic nitrogens is 3. The molecule has 20 heavy (non-hydrogen) atoms. The summed E-state index contributed by atoms with van der Waals surface area (Å²) in [6.07, 6.45) is 2.36. The van der Waals surface area contributed by atoms with E-state index in [0.717, 1.165) is 16.6 Å². The van der Waals surface area contributed by atoms with Gasteiger partial charge in [0.25, 0.3) is 0 Å². The number of phenols is 1. The third-order valence-corrected chi connectivity index (χ3v) is 2.95. The maximum Gasteiger partial charge on any atom is 0.228 e. The van der Waals surface area contributed by atoms with Crippen LogP contribution >= 0.6 is 0 Å². The summed E-state index contributed by atoms with van der Waals surface area (Å²) in [7, 11) is 0. The number of hydrogen-bond acceptors (Lipinski definition) is 6. The van der Waals surface area contributed by atoms with Gasteiger partial charge in [0, 0.05) is 24.5 Å². The van der Waals surface area contributed by atoms with Gasteiger partial charge in [-0.25, -0.2) is 4.98 Å². The van der Waals surface area contributed by atoms with Gasteiger partial charge in [-0.05, 0) is 30.5 Å². The minimum absolute atomic E-state index is 0.223. The van der Waals surface area contributed by atoms with Gasteiger partial charge in [0.05, 0.1) is 0 Å². The highest BCUT2D eigenvalue weighted by atomic mass is 16.5. The number of aryl methyl sites for hydroxylation is 1. The fourth-order valence-electron chi connectivity index (χ4n) is 2.03. The summed E-state index contributed by atoms with van der Waals surface area (Å²) in [5, 5.41) is 18.4. The van der Waals surface area contributed by atoms with Crippen LogP contribution in [0.15, 0.2) is 35.0 Å². The summed E-state index contributed by atoms with van der Waals surface area (Å²) in [5.74, 6) is 2.18. The highest BCUT2D eigenvalue weighted by Gasteiger charge is 2.05. The quantitative estimate of drug-likeness (QED) is 0.756. The molecule has 0 atom stereocenters. The number of anilines is 1. The largest absolute Gasteiger partial charge is 0.508 e. The summed E-state index contributed by atoms with van der Waals surface area (Å²) in [6.45, 7) is 2.42. The second-order valence-corrected chi connectivity index (χ2v) is 4.48. The topological polar surface area (TPSA) is 84.1 Å². The van der Waals surface area contributed by atoms with Gasteiger partial charge in [0.15, 0.2) is 5.82 Å². The molecule has 2 aromatic heterocycles. The lowest BCUT2D eigenvalue weighted by molar-refractivity contribution is 0.377. The molecule has 0 saturated carbocycles. The second-order valence-electron chi connectivity index (χ2n) is 4.48. The predicted molar refractivity (Wildman–Crippen MR) is 74.6 cm³/mol. The summed E-state index contributed by atoms with van der Waals surface area (Å²) in [5.41, 5.74) is 0. The van der Waals surface area contributed by atoms with Crippen LogP contribution in [0.2, 0.25) is 0 Å². The standard InChI is InChI=1S/C14H14N4O2/c1-9-17-13(20-18-9)5-7-16-14-12-8-11(19)3-2-10(12)4-6-15-14/h2-4,6,8,19H,5,7H2,1H3,(H,15,16). The predicted octanol–water partition coefficient (Wildman–Crippen LogP) is 2.29. The van der Waals surface area contributed by atoms with Crippen LogP contribution in [-0.2, 0) is 6.42 Å². The van der Waals surface area contributed by atoms with Crippen molar-refractivity contribution in [2.24, 2.45) is 0 Å². The van der Waals surface area contributed by atoms with E-state index in [1.807, 2.05) is 12.1 Å². The molecule has 0 unspecified atom stereocenters. The van der Waals surface area contributed by atoms with Gasteiger partial charge >= 0.3 is 0 Å². The molecule has 2 heterocycles. The Kier molecular flexibility index (Phi) is 3.20. The first-order valence-electron chi connectivity index (χ1n) is 6.33. The fraction of sp³-hybridized carbons (Fsp3) is 0.214. The number of fused-ring (bicyclic) bond motifs is 1. The summed E-state index contributed by atoms with van der Waals surface area (Å²) < 4.78 is 5.05. The van der Waals surface area contributed by atoms with E-state index < -0.39 is 0 Å². The monoisotopic (exact) mass is 270 g/mol. The van der Waals surface area contributed by atoms with Gasteiger partial charge in [0.2, 0.25) is 5.89 Å². The fourth-order valence-corrected chi connectivity index (χ4v) is 2.03. The van der Waals surface area contributed by atoms with E-state index in [4.69, 9.17) is 4.52 Å². The van der Waals surface area contributed by atoms with Crippen LogP contribution in [0.4, 0.5) is 5.82 Å². The minimum atomic E-state index is 0.223.